The van der Waals surface area contributed by atoms with Gasteiger partial charge in [-0.15, -0.1) is 0 Å². The van der Waals surface area contributed by atoms with Crippen LogP contribution in [0.5, 0.6) is 0 Å². The Morgan fingerprint density at radius 2 is 1.69 bits per heavy atom. The maximum absolute atomic E-state index is 13.4. The van der Waals surface area contributed by atoms with Gasteiger partial charge in [-0.25, -0.2) is 4.79 Å². The summed E-state index contributed by atoms with van der Waals surface area (Å²) in [7, 11) is 2.82. The number of carbonyl (C=O) groups is 2. The number of ether oxygens (including phenoxy) is 2. The molecule has 4 rings (SSSR count). The van der Waals surface area contributed by atoms with E-state index >= 15 is 0 Å². The van der Waals surface area contributed by atoms with Crippen molar-refractivity contribution >= 4 is 35.6 Å². The van der Waals surface area contributed by atoms with E-state index in [9.17, 15) is 9.59 Å². The molecule has 7 nitrogen and oxygen atoms in total. The van der Waals surface area contributed by atoms with Crippen LogP contribution in [0.2, 0.25) is 5.02 Å². The maximum Gasteiger partial charge on any atom is 0.335 e. The van der Waals surface area contributed by atoms with Gasteiger partial charge in [-0.05, 0) is 88.5 Å². The third-order valence-electron chi connectivity index (χ3n) is 9.54. The van der Waals surface area contributed by atoms with Crippen molar-refractivity contribution in [3.8, 4) is 0 Å². The molecule has 0 radical (unpaired) electrons. The lowest BCUT2D eigenvalue weighted by Gasteiger charge is -2.44. The quantitative estimate of drug-likeness (QED) is 0.324. The number of hydrogen-bond donors (Lipinski definition) is 1. The highest BCUT2D eigenvalue weighted by Crippen LogP contribution is 2.44. The predicted molar refractivity (Wildman–Crippen MR) is 156 cm³/mol. The first kappa shape index (κ1) is 29.7. The van der Waals surface area contributed by atoms with Gasteiger partial charge in [0.25, 0.3) is 0 Å². The zero-order valence-corrected chi connectivity index (χ0v) is 24.8. The van der Waals surface area contributed by atoms with Crippen LogP contribution in [0.15, 0.2) is 29.3 Å². The van der Waals surface area contributed by atoms with Gasteiger partial charge in [0.15, 0.2) is 5.54 Å². The van der Waals surface area contributed by atoms with Gasteiger partial charge in [-0.1, -0.05) is 43.7 Å². The fourth-order valence-corrected chi connectivity index (χ4v) is 7.29. The Bertz CT molecular complexity index is 1000. The summed E-state index contributed by atoms with van der Waals surface area (Å²) < 4.78 is 10.3. The normalized spacial score (nSPS) is 27.8. The summed E-state index contributed by atoms with van der Waals surface area (Å²) in [6.07, 6.45) is 13.6. The number of methoxy groups -OCH3 is 2. The van der Waals surface area contributed by atoms with E-state index in [1.807, 2.05) is 30.6 Å². The molecule has 2 atom stereocenters. The van der Waals surface area contributed by atoms with E-state index in [-0.39, 0.29) is 29.9 Å². The number of nitrogens with zero attached hydrogens (tertiary/aromatic N) is 2. The third kappa shape index (κ3) is 6.90. The summed E-state index contributed by atoms with van der Waals surface area (Å²) in [6, 6.07) is 8.21. The SMILES string of the molecule is COC(=O)CCC1(C(=O)OC)N=CN(C2CCCCC2)C1CC1CCC(C(C)(C)Nc2ccc(Cl)cc2)CC1. The number of anilines is 1. The van der Waals surface area contributed by atoms with E-state index in [1.54, 1.807) is 0 Å². The van der Waals surface area contributed by atoms with Crippen molar-refractivity contribution in [3.63, 3.8) is 0 Å². The van der Waals surface area contributed by atoms with E-state index in [1.165, 1.54) is 33.5 Å². The Morgan fingerprint density at radius 1 is 1.03 bits per heavy atom. The summed E-state index contributed by atoms with van der Waals surface area (Å²) in [5, 5.41) is 4.47. The van der Waals surface area contributed by atoms with E-state index in [2.05, 4.69) is 24.1 Å². The number of rotatable bonds is 10. The first-order chi connectivity index (χ1) is 18.7. The molecule has 1 aromatic rings. The van der Waals surface area contributed by atoms with Gasteiger partial charge in [0.05, 0.1) is 26.6 Å². The monoisotopic (exact) mass is 559 g/mol. The summed E-state index contributed by atoms with van der Waals surface area (Å²) in [6.45, 7) is 4.58. The topological polar surface area (TPSA) is 80.2 Å². The number of benzene rings is 1. The standard InChI is InChI=1S/C31H46ClN3O4/c1-30(2,34-25-16-14-24(32)15-17-25)23-12-10-22(11-13-23)20-27-31(29(37)39-4,19-18-28(36)38-3)33-21-35(27)26-8-6-5-7-9-26/h14-17,21-23,26-27,34H,5-13,18-20H2,1-4H3. The van der Waals surface area contributed by atoms with E-state index in [4.69, 9.17) is 26.1 Å². The fraction of sp³-hybridized carbons (Fsp3) is 0.710. The molecule has 39 heavy (non-hydrogen) atoms. The molecule has 2 fully saturated rings. The van der Waals surface area contributed by atoms with Crippen LogP contribution in [0.25, 0.3) is 0 Å². The summed E-state index contributed by atoms with van der Waals surface area (Å²) >= 11 is 6.08. The lowest BCUT2D eigenvalue weighted by molar-refractivity contribution is -0.150. The molecule has 0 saturated heterocycles. The Labute approximate surface area is 239 Å². The van der Waals surface area contributed by atoms with Crippen LogP contribution in [0.4, 0.5) is 5.69 Å². The molecule has 8 heteroatoms. The predicted octanol–water partition coefficient (Wildman–Crippen LogP) is 6.64. The van der Waals surface area contributed by atoms with Crippen molar-refractivity contribution in [1.29, 1.82) is 0 Å². The van der Waals surface area contributed by atoms with Crippen molar-refractivity contribution < 1.29 is 19.1 Å². The van der Waals surface area contributed by atoms with Crippen molar-refractivity contribution in [2.75, 3.05) is 19.5 Å². The number of aliphatic imine (C=N–C) groups is 1. The Balaban J connectivity index is 1.47. The summed E-state index contributed by atoms with van der Waals surface area (Å²) in [4.78, 5) is 32.7. The van der Waals surface area contributed by atoms with Crippen molar-refractivity contribution in [2.45, 2.75) is 114 Å². The zero-order valence-electron chi connectivity index (χ0n) is 24.1. The molecular weight excluding hydrogens is 514 g/mol. The minimum absolute atomic E-state index is 0.0420. The second kappa shape index (κ2) is 12.9. The van der Waals surface area contributed by atoms with E-state index in [0.29, 0.717) is 24.3 Å². The van der Waals surface area contributed by atoms with Crippen LogP contribution in [-0.2, 0) is 19.1 Å². The molecule has 1 aromatic carbocycles. The van der Waals surface area contributed by atoms with Crippen LogP contribution >= 0.6 is 11.6 Å². The minimum atomic E-state index is -1.06. The third-order valence-corrected chi connectivity index (χ3v) is 9.79. The van der Waals surface area contributed by atoms with Gasteiger partial charge in [0, 0.05) is 28.7 Å². The number of halogens is 1. The van der Waals surface area contributed by atoms with Crippen molar-refractivity contribution in [3.05, 3.63) is 29.3 Å². The second-order valence-electron chi connectivity index (χ2n) is 12.3. The van der Waals surface area contributed by atoms with Gasteiger partial charge in [0.1, 0.15) is 0 Å². The van der Waals surface area contributed by atoms with Gasteiger partial charge < -0.3 is 19.7 Å². The molecule has 1 N–H and O–H groups in total. The smallest absolute Gasteiger partial charge is 0.335 e. The van der Waals surface area contributed by atoms with Crippen molar-refractivity contribution in [2.24, 2.45) is 16.8 Å². The van der Waals surface area contributed by atoms with Crippen LogP contribution < -0.4 is 5.32 Å². The Morgan fingerprint density at radius 3 is 2.31 bits per heavy atom. The molecule has 1 heterocycles. The fourth-order valence-electron chi connectivity index (χ4n) is 7.16. The Hall–Kier alpha value is -2.28. The van der Waals surface area contributed by atoms with Gasteiger partial charge in [0.2, 0.25) is 0 Å². The minimum Gasteiger partial charge on any atom is -0.469 e. The molecule has 0 bridgehead atoms. The number of carbonyl (C=O) groups excluding carboxylic acids is 2. The van der Waals surface area contributed by atoms with Crippen LogP contribution in [0.1, 0.15) is 90.9 Å². The van der Waals surface area contributed by atoms with Gasteiger partial charge >= 0.3 is 11.9 Å². The van der Waals surface area contributed by atoms with Crippen LogP contribution in [-0.4, -0.2) is 60.6 Å². The highest BCUT2D eigenvalue weighted by Gasteiger charge is 2.54. The first-order valence-electron chi connectivity index (χ1n) is 14.7. The highest BCUT2D eigenvalue weighted by atomic mass is 35.5. The lowest BCUT2D eigenvalue weighted by Crippen LogP contribution is -2.55. The second-order valence-corrected chi connectivity index (χ2v) is 12.7. The van der Waals surface area contributed by atoms with Crippen molar-refractivity contribution in [1.82, 2.24) is 4.90 Å². The molecule has 2 aliphatic carbocycles. The zero-order chi connectivity index (χ0) is 28.0. The average molecular weight is 560 g/mol. The highest BCUT2D eigenvalue weighted by molar-refractivity contribution is 6.30. The number of nitrogens with one attached hydrogen (secondary N) is 1. The van der Waals surface area contributed by atoms with E-state index in [0.717, 1.165) is 55.7 Å². The molecule has 3 aliphatic rings. The number of esters is 2. The first-order valence-corrected chi connectivity index (χ1v) is 15.1. The molecule has 0 spiro atoms. The average Bonchev–Trinajstić information content (AvgIpc) is 3.32. The van der Waals surface area contributed by atoms with Gasteiger partial charge in [-0.2, -0.15) is 0 Å². The maximum atomic E-state index is 13.4. The molecule has 2 saturated carbocycles. The summed E-state index contributed by atoms with van der Waals surface area (Å²) in [5.74, 6) is 0.378. The Kier molecular flexibility index (Phi) is 9.84. The summed E-state index contributed by atoms with van der Waals surface area (Å²) in [5.41, 5.74) is -0.0157. The lowest BCUT2D eigenvalue weighted by atomic mass is 9.70. The molecule has 2 unspecified atom stereocenters. The van der Waals surface area contributed by atoms with Crippen LogP contribution in [0.3, 0.4) is 0 Å². The molecule has 0 amide bonds. The van der Waals surface area contributed by atoms with Crippen LogP contribution in [0, 0.1) is 11.8 Å². The number of hydrogen-bond acceptors (Lipinski definition) is 7. The molecule has 216 valence electrons. The van der Waals surface area contributed by atoms with Gasteiger partial charge in [-0.3, -0.25) is 9.79 Å². The molecule has 1 aliphatic heterocycles. The van der Waals surface area contributed by atoms with E-state index < -0.39 is 5.54 Å². The molecule has 0 aromatic heterocycles. The largest absolute Gasteiger partial charge is 0.469 e. The molecular formula is C31H46ClN3O4.